The molecule has 90 valence electrons. The number of hydrogen-bond acceptors (Lipinski definition) is 3. The number of aryl methyl sites for hydroxylation is 1. The van der Waals surface area contributed by atoms with Crippen LogP contribution < -0.4 is 4.90 Å². The van der Waals surface area contributed by atoms with Crippen LogP contribution in [0.5, 0.6) is 0 Å². The second-order valence-electron chi connectivity index (χ2n) is 4.02. The molecule has 0 aliphatic carbocycles. The molecule has 0 amide bonds. The van der Waals surface area contributed by atoms with Crippen LogP contribution in [0.25, 0.3) is 5.52 Å². The van der Waals surface area contributed by atoms with E-state index < -0.39 is 5.97 Å². The van der Waals surface area contributed by atoms with Crippen LogP contribution in [0.4, 0.5) is 5.69 Å². The van der Waals surface area contributed by atoms with E-state index in [2.05, 4.69) is 21.0 Å². The molecule has 5 nitrogen and oxygen atoms in total. The molecule has 17 heavy (non-hydrogen) atoms. The molecular weight excluding hydrogens is 286 g/mol. The van der Waals surface area contributed by atoms with Crippen LogP contribution in [0.2, 0.25) is 0 Å². The molecule has 2 rings (SSSR count). The summed E-state index contributed by atoms with van der Waals surface area (Å²) in [5, 5.41) is 13.3. The number of carbonyl (C=O) groups is 1. The summed E-state index contributed by atoms with van der Waals surface area (Å²) in [6.45, 7) is 1.94. The molecule has 0 fully saturated rings. The summed E-state index contributed by atoms with van der Waals surface area (Å²) in [5.74, 6) is -0.973. The van der Waals surface area contributed by atoms with Gasteiger partial charge in [0.05, 0.1) is 17.4 Å². The first-order chi connectivity index (χ1) is 7.93. The molecule has 0 atom stereocenters. The van der Waals surface area contributed by atoms with Crippen molar-refractivity contribution in [1.82, 2.24) is 9.61 Å². The molecule has 0 aliphatic rings. The van der Waals surface area contributed by atoms with E-state index in [9.17, 15) is 4.79 Å². The van der Waals surface area contributed by atoms with Crippen molar-refractivity contribution in [2.75, 3.05) is 19.0 Å². The van der Waals surface area contributed by atoms with Crippen molar-refractivity contribution < 1.29 is 9.90 Å². The number of rotatable bonds is 2. The molecule has 0 aromatic carbocycles. The zero-order valence-corrected chi connectivity index (χ0v) is 11.3. The van der Waals surface area contributed by atoms with Crippen LogP contribution in [-0.4, -0.2) is 34.8 Å². The largest absolute Gasteiger partial charge is 0.478 e. The van der Waals surface area contributed by atoms with Crippen molar-refractivity contribution in [2.24, 2.45) is 0 Å². The Morgan fingerprint density at radius 2 is 2.18 bits per heavy atom. The predicted octanol–water partition coefficient (Wildman–Crippen LogP) is 2.17. The van der Waals surface area contributed by atoms with E-state index in [0.29, 0.717) is 5.69 Å². The Hall–Kier alpha value is -1.56. The van der Waals surface area contributed by atoms with Crippen LogP contribution >= 0.6 is 15.9 Å². The number of anilines is 1. The number of halogens is 1. The van der Waals surface area contributed by atoms with Crippen LogP contribution in [0.1, 0.15) is 15.9 Å². The van der Waals surface area contributed by atoms with Crippen molar-refractivity contribution >= 4 is 33.1 Å². The van der Waals surface area contributed by atoms with E-state index in [1.165, 1.54) is 6.20 Å². The van der Waals surface area contributed by atoms with Gasteiger partial charge in [0.1, 0.15) is 10.2 Å². The molecule has 0 spiro atoms. The third-order valence-electron chi connectivity index (χ3n) is 2.57. The summed E-state index contributed by atoms with van der Waals surface area (Å²) < 4.78 is 2.53. The molecule has 0 aliphatic heterocycles. The van der Waals surface area contributed by atoms with E-state index in [-0.39, 0.29) is 5.56 Å². The standard InChI is InChI=1S/C11H12BrN3O2/c1-6-4-8-9(14(2)3)7(11(16)17)5-13-15(8)10(6)12/h4-5H,1-3H3,(H,16,17). The summed E-state index contributed by atoms with van der Waals surface area (Å²) >= 11 is 3.43. The zero-order valence-electron chi connectivity index (χ0n) is 9.73. The van der Waals surface area contributed by atoms with Gasteiger partial charge in [0.2, 0.25) is 0 Å². The van der Waals surface area contributed by atoms with E-state index in [0.717, 1.165) is 15.7 Å². The number of hydrogen-bond donors (Lipinski definition) is 1. The van der Waals surface area contributed by atoms with Gasteiger partial charge in [-0.3, -0.25) is 0 Å². The minimum atomic E-state index is -0.973. The van der Waals surface area contributed by atoms with Crippen molar-refractivity contribution in [3.63, 3.8) is 0 Å². The van der Waals surface area contributed by atoms with Gasteiger partial charge in [-0.15, -0.1) is 0 Å². The van der Waals surface area contributed by atoms with Crippen LogP contribution in [0.15, 0.2) is 16.9 Å². The monoisotopic (exact) mass is 297 g/mol. The lowest BCUT2D eigenvalue weighted by molar-refractivity contribution is 0.0697. The SMILES string of the molecule is Cc1cc2c(N(C)C)c(C(=O)O)cnn2c1Br. The lowest BCUT2D eigenvalue weighted by Gasteiger charge is -2.16. The Morgan fingerprint density at radius 3 is 2.71 bits per heavy atom. The highest BCUT2D eigenvalue weighted by atomic mass is 79.9. The lowest BCUT2D eigenvalue weighted by atomic mass is 10.2. The smallest absolute Gasteiger partial charge is 0.339 e. The number of fused-ring (bicyclic) bond motifs is 1. The number of aromatic carboxylic acids is 1. The summed E-state index contributed by atoms with van der Waals surface area (Å²) in [6, 6.07) is 1.92. The van der Waals surface area contributed by atoms with E-state index in [4.69, 9.17) is 5.11 Å². The Balaban J connectivity index is 2.89. The molecular formula is C11H12BrN3O2. The molecule has 6 heteroatoms. The topological polar surface area (TPSA) is 57.8 Å². The normalized spacial score (nSPS) is 10.8. The number of nitrogens with zero attached hydrogens (tertiary/aromatic N) is 3. The van der Waals surface area contributed by atoms with E-state index in [1.807, 2.05) is 27.1 Å². The van der Waals surface area contributed by atoms with Gasteiger partial charge in [0.15, 0.2) is 0 Å². The fourth-order valence-electron chi connectivity index (χ4n) is 1.82. The molecule has 2 heterocycles. The fourth-order valence-corrected chi connectivity index (χ4v) is 2.22. The summed E-state index contributed by atoms with van der Waals surface area (Å²) in [6.07, 6.45) is 1.37. The van der Waals surface area contributed by atoms with Gasteiger partial charge in [0.25, 0.3) is 0 Å². The number of carboxylic acids is 1. The average molecular weight is 298 g/mol. The number of aromatic nitrogens is 2. The molecule has 0 saturated heterocycles. The van der Waals surface area contributed by atoms with Crippen LogP contribution in [0.3, 0.4) is 0 Å². The molecule has 2 aromatic rings. The highest BCUT2D eigenvalue weighted by Gasteiger charge is 2.18. The second-order valence-corrected chi connectivity index (χ2v) is 4.77. The van der Waals surface area contributed by atoms with Crippen molar-refractivity contribution in [2.45, 2.75) is 6.92 Å². The third-order valence-corrected chi connectivity index (χ3v) is 3.53. The Bertz CT molecular complexity index is 604. The van der Waals surface area contributed by atoms with E-state index in [1.54, 1.807) is 9.42 Å². The van der Waals surface area contributed by atoms with Gasteiger partial charge < -0.3 is 10.0 Å². The van der Waals surface area contributed by atoms with E-state index >= 15 is 0 Å². The molecule has 2 aromatic heterocycles. The average Bonchev–Trinajstić information content (AvgIpc) is 2.53. The Morgan fingerprint density at radius 1 is 1.53 bits per heavy atom. The van der Waals surface area contributed by atoms with Gasteiger partial charge in [-0.2, -0.15) is 5.10 Å². The first-order valence-corrected chi connectivity index (χ1v) is 5.80. The summed E-state index contributed by atoms with van der Waals surface area (Å²) in [4.78, 5) is 13.0. The quantitative estimate of drug-likeness (QED) is 0.923. The third kappa shape index (κ3) is 1.78. The first-order valence-electron chi connectivity index (χ1n) is 5.01. The minimum absolute atomic E-state index is 0.201. The molecule has 0 saturated carbocycles. The maximum Gasteiger partial charge on any atom is 0.339 e. The molecule has 1 N–H and O–H groups in total. The maximum absolute atomic E-state index is 11.2. The van der Waals surface area contributed by atoms with Crippen molar-refractivity contribution in [3.05, 3.63) is 28.0 Å². The van der Waals surface area contributed by atoms with Gasteiger partial charge in [0, 0.05) is 14.1 Å². The van der Waals surface area contributed by atoms with Crippen molar-refractivity contribution in [3.8, 4) is 0 Å². The summed E-state index contributed by atoms with van der Waals surface area (Å²) in [5.41, 5.74) is 2.65. The molecule has 0 bridgehead atoms. The van der Waals surface area contributed by atoms with Crippen molar-refractivity contribution in [1.29, 1.82) is 0 Å². The Labute approximate surface area is 107 Å². The van der Waals surface area contributed by atoms with Crippen LogP contribution in [-0.2, 0) is 0 Å². The zero-order chi connectivity index (χ0) is 12.7. The lowest BCUT2D eigenvalue weighted by Crippen LogP contribution is -2.16. The maximum atomic E-state index is 11.2. The van der Waals surface area contributed by atoms with Gasteiger partial charge in [-0.1, -0.05) is 0 Å². The molecule has 0 radical (unpaired) electrons. The highest BCUT2D eigenvalue weighted by molar-refractivity contribution is 9.10. The predicted molar refractivity (Wildman–Crippen MR) is 68.9 cm³/mol. The number of carboxylic acid groups (broad SMARTS) is 1. The fraction of sp³-hybridized carbons (Fsp3) is 0.273. The van der Waals surface area contributed by atoms with Gasteiger partial charge >= 0.3 is 5.97 Å². The van der Waals surface area contributed by atoms with Crippen LogP contribution in [0, 0.1) is 6.92 Å². The Kier molecular flexibility index (Phi) is 2.82. The molecule has 0 unspecified atom stereocenters. The minimum Gasteiger partial charge on any atom is -0.478 e. The van der Waals surface area contributed by atoms with Gasteiger partial charge in [-0.25, -0.2) is 9.31 Å². The second kappa shape index (κ2) is 4.03. The summed E-state index contributed by atoms with van der Waals surface area (Å²) in [7, 11) is 3.63. The van der Waals surface area contributed by atoms with Gasteiger partial charge in [-0.05, 0) is 34.5 Å². The highest BCUT2D eigenvalue weighted by Crippen LogP contribution is 2.29. The first kappa shape index (κ1) is 11.9.